The number of anilines is 1. The van der Waals surface area contributed by atoms with Gasteiger partial charge in [-0.15, -0.1) is 0 Å². The third kappa shape index (κ3) is 2.49. The fourth-order valence-electron chi connectivity index (χ4n) is 1.87. The van der Waals surface area contributed by atoms with Crippen LogP contribution in [0.4, 0.5) is 5.82 Å². The molecule has 10 heteroatoms. The van der Waals surface area contributed by atoms with Crippen molar-refractivity contribution < 1.29 is 16.8 Å². The van der Waals surface area contributed by atoms with E-state index in [1.807, 2.05) is 0 Å². The van der Waals surface area contributed by atoms with E-state index in [0.29, 0.717) is 12.8 Å². The maximum Gasteiger partial charge on any atom is 0.245 e. The Morgan fingerprint density at radius 3 is 2.78 bits per heavy atom. The predicted octanol–water partition coefficient (Wildman–Crippen LogP) is -1.15. The van der Waals surface area contributed by atoms with Gasteiger partial charge in [0.1, 0.15) is 10.7 Å². The average molecular weight is 294 g/mol. The summed E-state index contributed by atoms with van der Waals surface area (Å²) < 4.78 is 49.0. The molecule has 0 spiro atoms. The zero-order chi connectivity index (χ0) is 13.4. The van der Waals surface area contributed by atoms with Gasteiger partial charge in [0.05, 0.1) is 17.2 Å². The summed E-state index contributed by atoms with van der Waals surface area (Å²) in [4.78, 5) is -0.169. The van der Waals surface area contributed by atoms with E-state index < -0.39 is 25.1 Å². The van der Waals surface area contributed by atoms with Crippen molar-refractivity contribution in [2.24, 2.45) is 0 Å². The molecule has 1 aliphatic rings. The molecule has 8 nitrogen and oxygen atoms in total. The predicted molar refractivity (Wildman–Crippen MR) is 65.0 cm³/mol. The van der Waals surface area contributed by atoms with Crippen molar-refractivity contribution in [3.63, 3.8) is 0 Å². The molecule has 0 aromatic carbocycles. The highest BCUT2D eigenvalue weighted by atomic mass is 32.2. The number of sulfonamides is 1. The Balaban J connectivity index is 2.09. The Labute approximate surface area is 105 Å². The largest absolute Gasteiger partial charge is 0.383 e. The molecule has 0 saturated carbocycles. The van der Waals surface area contributed by atoms with Crippen molar-refractivity contribution in [1.29, 1.82) is 0 Å². The molecule has 0 radical (unpaired) electrons. The lowest BCUT2D eigenvalue weighted by atomic mass is 10.2. The number of aromatic nitrogens is 2. The zero-order valence-electron chi connectivity index (χ0n) is 9.46. The van der Waals surface area contributed by atoms with Crippen molar-refractivity contribution in [1.82, 2.24) is 14.9 Å². The molecular weight excluding hydrogens is 280 g/mol. The van der Waals surface area contributed by atoms with Gasteiger partial charge in [0.15, 0.2) is 9.84 Å². The zero-order valence-corrected chi connectivity index (χ0v) is 11.1. The Kier molecular flexibility index (Phi) is 3.34. The number of hydrogen-bond donors (Lipinski definition) is 3. The highest BCUT2D eigenvalue weighted by molar-refractivity contribution is 7.92. The van der Waals surface area contributed by atoms with E-state index in [2.05, 4.69) is 14.9 Å². The van der Waals surface area contributed by atoms with E-state index in [4.69, 9.17) is 5.73 Å². The molecule has 0 aliphatic carbocycles. The van der Waals surface area contributed by atoms with E-state index in [9.17, 15) is 16.8 Å². The molecule has 4 N–H and O–H groups in total. The van der Waals surface area contributed by atoms with Gasteiger partial charge < -0.3 is 5.73 Å². The standard InChI is InChI=1S/C8H14N4O4S2/c9-8-7(5-10-12-8)18(15,16)11-4-6-2-1-3-17(6,13)14/h5-6,11H,1-4H2,(H3,9,10,12). The summed E-state index contributed by atoms with van der Waals surface area (Å²) in [6.45, 7) is -0.130. The fourth-order valence-corrected chi connectivity index (χ4v) is 4.84. The van der Waals surface area contributed by atoms with E-state index in [1.165, 1.54) is 0 Å². The molecule has 1 aromatic heterocycles. The lowest BCUT2D eigenvalue weighted by molar-refractivity contribution is 0.571. The Morgan fingerprint density at radius 1 is 1.56 bits per heavy atom. The Bertz CT molecular complexity index is 634. The Hall–Kier alpha value is -1.13. The van der Waals surface area contributed by atoms with E-state index in [1.54, 1.807) is 0 Å². The normalized spacial score (nSPS) is 23.2. The number of aromatic amines is 1. The maximum atomic E-state index is 11.8. The first-order chi connectivity index (χ1) is 8.33. The molecule has 1 saturated heterocycles. The second-order valence-electron chi connectivity index (χ2n) is 4.13. The maximum absolute atomic E-state index is 11.8. The fraction of sp³-hybridized carbons (Fsp3) is 0.625. The smallest absolute Gasteiger partial charge is 0.245 e. The molecule has 0 amide bonds. The van der Waals surface area contributed by atoms with Gasteiger partial charge in [-0.25, -0.2) is 21.6 Å². The van der Waals surface area contributed by atoms with E-state index in [0.717, 1.165) is 6.20 Å². The lowest BCUT2D eigenvalue weighted by Gasteiger charge is -2.10. The van der Waals surface area contributed by atoms with Gasteiger partial charge in [0.2, 0.25) is 10.0 Å². The van der Waals surface area contributed by atoms with E-state index in [-0.39, 0.29) is 23.0 Å². The van der Waals surface area contributed by atoms with Crippen LogP contribution in [0.3, 0.4) is 0 Å². The summed E-state index contributed by atoms with van der Waals surface area (Å²) in [7, 11) is -6.99. The van der Waals surface area contributed by atoms with Gasteiger partial charge in [-0.3, -0.25) is 5.10 Å². The molecule has 1 unspecified atom stereocenters. The van der Waals surface area contributed by atoms with Gasteiger partial charge >= 0.3 is 0 Å². The number of hydrogen-bond acceptors (Lipinski definition) is 6. The van der Waals surface area contributed by atoms with Gasteiger partial charge in [-0.1, -0.05) is 0 Å². The molecular formula is C8H14N4O4S2. The number of rotatable bonds is 4. The monoisotopic (exact) mass is 294 g/mol. The van der Waals surface area contributed by atoms with Crippen LogP contribution in [0.1, 0.15) is 12.8 Å². The SMILES string of the molecule is Nc1[nH]ncc1S(=O)(=O)NCC1CCCS1(=O)=O. The van der Waals surface area contributed by atoms with Gasteiger partial charge in [-0.05, 0) is 12.8 Å². The third-order valence-electron chi connectivity index (χ3n) is 2.89. The van der Waals surface area contributed by atoms with Crippen molar-refractivity contribution in [3.8, 4) is 0 Å². The molecule has 102 valence electrons. The number of nitrogens with one attached hydrogen (secondary N) is 2. The number of sulfone groups is 1. The second-order valence-corrected chi connectivity index (χ2v) is 8.27. The van der Waals surface area contributed by atoms with Crippen molar-refractivity contribution in [2.75, 3.05) is 18.0 Å². The first-order valence-corrected chi connectivity index (χ1v) is 8.53. The number of nitrogens with zero attached hydrogens (tertiary/aromatic N) is 1. The van der Waals surface area contributed by atoms with Crippen molar-refractivity contribution in [3.05, 3.63) is 6.20 Å². The summed E-state index contributed by atoms with van der Waals surface area (Å²) in [5.74, 6) is 0.0459. The van der Waals surface area contributed by atoms with E-state index >= 15 is 0 Å². The first kappa shape index (κ1) is 13.3. The topological polar surface area (TPSA) is 135 Å². The molecule has 1 aliphatic heterocycles. The van der Waals surface area contributed by atoms with Gasteiger partial charge in [0.25, 0.3) is 0 Å². The first-order valence-electron chi connectivity index (χ1n) is 5.33. The minimum Gasteiger partial charge on any atom is -0.383 e. The Morgan fingerprint density at radius 2 is 2.28 bits per heavy atom. The summed E-state index contributed by atoms with van der Waals surface area (Å²) in [6, 6.07) is 0. The molecule has 0 bridgehead atoms. The summed E-state index contributed by atoms with van der Waals surface area (Å²) in [6.07, 6.45) is 2.13. The van der Waals surface area contributed by atoms with Crippen LogP contribution in [0.2, 0.25) is 0 Å². The number of H-pyrrole nitrogens is 1. The molecule has 2 rings (SSSR count). The average Bonchev–Trinajstić information content (AvgIpc) is 2.82. The molecule has 1 atom stereocenters. The van der Waals surface area contributed by atoms with Crippen molar-refractivity contribution in [2.45, 2.75) is 23.0 Å². The molecule has 2 heterocycles. The van der Waals surface area contributed by atoms with Crippen LogP contribution in [0.15, 0.2) is 11.1 Å². The minimum atomic E-state index is -3.82. The highest BCUT2D eigenvalue weighted by Gasteiger charge is 2.32. The molecule has 1 fully saturated rings. The molecule has 1 aromatic rings. The van der Waals surface area contributed by atoms with Crippen LogP contribution in [0.25, 0.3) is 0 Å². The molecule has 18 heavy (non-hydrogen) atoms. The third-order valence-corrected chi connectivity index (χ3v) is 6.61. The van der Waals surface area contributed by atoms with Crippen LogP contribution in [0.5, 0.6) is 0 Å². The van der Waals surface area contributed by atoms with Gasteiger partial charge in [-0.2, -0.15) is 5.10 Å². The lowest BCUT2D eigenvalue weighted by Crippen LogP contribution is -2.34. The van der Waals surface area contributed by atoms with Crippen LogP contribution >= 0.6 is 0 Å². The van der Waals surface area contributed by atoms with Crippen molar-refractivity contribution >= 4 is 25.7 Å². The quantitative estimate of drug-likeness (QED) is 0.641. The summed E-state index contributed by atoms with van der Waals surface area (Å²) in [5.41, 5.74) is 5.41. The summed E-state index contributed by atoms with van der Waals surface area (Å²) in [5, 5.41) is 5.17. The van der Waals surface area contributed by atoms with Crippen LogP contribution in [0, 0.1) is 0 Å². The minimum absolute atomic E-state index is 0.0724. The number of nitrogens with two attached hydrogens (primary N) is 1. The van der Waals surface area contributed by atoms with Crippen LogP contribution in [-0.2, 0) is 19.9 Å². The highest BCUT2D eigenvalue weighted by Crippen LogP contribution is 2.20. The van der Waals surface area contributed by atoms with Crippen LogP contribution < -0.4 is 10.5 Å². The van der Waals surface area contributed by atoms with Gasteiger partial charge in [0, 0.05) is 6.54 Å². The number of nitrogen functional groups attached to an aromatic ring is 1. The van der Waals surface area contributed by atoms with Crippen LogP contribution in [-0.4, -0.2) is 44.6 Å². The summed E-state index contributed by atoms with van der Waals surface area (Å²) >= 11 is 0. The second kappa shape index (κ2) is 4.52.